The molecule has 17 heavy (non-hydrogen) atoms. The number of hydrogen-bond acceptors (Lipinski definition) is 5. The fourth-order valence-corrected chi connectivity index (χ4v) is 3.55. The van der Waals surface area contributed by atoms with E-state index in [2.05, 4.69) is 23.1 Å². The summed E-state index contributed by atoms with van der Waals surface area (Å²) in [6.07, 6.45) is 3.11. The Morgan fingerprint density at radius 2 is 1.94 bits per heavy atom. The smallest absolute Gasteiger partial charge is 0.142 e. The lowest BCUT2D eigenvalue weighted by Gasteiger charge is -2.36. The average molecular weight is 253 g/mol. The summed E-state index contributed by atoms with van der Waals surface area (Å²) in [6, 6.07) is 0. The molecule has 0 spiro atoms. The molecule has 1 saturated heterocycles. The van der Waals surface area contributed by atoms with Gasteiger partial charge in [0.25, 0.3) is 0 Å². The number of aromatic nitrogens is 1. The Morgan fingerprint density at radius 3 is 2.53 bits per heavy atom. The monoisotopic (exact) mass is 253 g/mol. The van der Waals surface area contributed by atoms with E-state index in [0.29, 0.717) is 5.92 Å². The third kappa shape index (κ3) is 2.13. The van der Waals surface area contributed by atoms with Crippen LogP contribution in [0.3, 0.4) is 0 Å². The molecule has 2 N–H and O–H groups in total. The van der Waals surface area contributed by atoms with Crippen LogP contribution in [0.2, 0.25) is 0 Å². The fraction of sp³-hybridized carbons (Fsp3) is 0.750. The van der Waals surface area contributed by atoms with Crippen LogP contribution in [-0.4, -0.2) is 29.7 Å². The molecule has 2 fully saturated rings. The molecule has 3 rings (SSSR count). The first-order valence-corrected chi connectivity index (χ1v) is 7.08. The Balaban J connectivity index is 1.87. The van der Waals surface area contributed by atoms with Crippen molar-refractivity contribution in [2.45, 2.75) is 44.8 Å². The molecule has 94 valence electrons. The third-order valence-corrected chi connectivity index (χ3v) is 4.37. The largest absolute Gasteiger partial charge is 0.383 e. The summed E-state index contributed by atoms with van der Waals surface area (Å²) < 4.78 is 10.1. The number of nitrogens with two attached hydrogens (primary N) is 1. The van der Waals surface area contributed by atoms with Crippen molar-refractivity contribution in [1.29, 1.82) is 0 Å². The highest BCUT2D eigenvalue weighted by Crippen LogP contribution is 2.49. The van der Waals surface area contributed by atoms with Gasteiger partial charge in [-0.3, -0.25) is 0 Å². The maximum Gasteiger partial charge on any atom is 0.142 e. The second-order valence-electron chi connectivity index (χ2n) is 5.22. The third-order valence-electron chi connectivity index (χ3n) is 3.43. The molecule has 0 radical (unpaired) electrons. The molecular weight excluding hydrogens is 234 g/mol. The second-order valence-corrected chi connectivity index (χ2v) is 5.98. The summed E-state index contributed by atoms with van der Waals surface area (Å²) in [6.45, 7) is 6.16. The number of rotatable bonds is 2. The van der Waals surface area contributed by atoms with Crippen molar-refractivity contribution in [2.24, 2.45) is 0 Å². The summed E-state index contributed by atoms with van der Waals surface area (Å²) in [5.41, 5.74) is 7.30. The zero-order valence-corrected chi connectivity index (χ0v) is 11.2. The van der Waals surface area contributed by atoms with Crippen molar-refractivity contribution >= 4 is 22.4 Å². The topological polar surface area (TPSA) is 51.4 Å². The van der Waals surface area contributed by atoms with Gasteiger partial charge in [0.15, 0.2) is 0 Å². The normalized spacial score (nSPS) is 29.6. The van der Waals surface area contributed by atoms with Crippen LogP contribution in [0, 0.1) is 0 Å². The first-order chi connectivity index (χ1) is 8.15. The van der Waals surface area contributed by atoms with E-state index in [1.54, 1.807) is 11.5 Å². The van der Waals surface area contributed by atoms with Crippen LogP contribution in [0.1, 0.15) is 38.2 Å². The minimum absolute atomic E-state index is 0.286. The molecule has 1 aromatic heterocycles. The van der Waals surface area contributed by atoms with Gasteiger partial charge in [-0.1, -0.05) is 0 Å². The van der Waals surface area contributed by atoms with Crippen LogP contribution >= 0.6 is 11.5 Å². The van der Waals surface area contributed by atoms with E-state index in [9.17, 15) is 0 Å². The molecule has 0 aromatic carbocycles. The van der Waals surface area contributed by atoms with Gasteiger partial charge in [-0.15, -0.1) is 0 Å². The van der Waals surface area contributed by atoms with Crippen molar-refractivity contribution in [3.8, 4) is 0 Å². The van der Waals surface area contributed by atoms with Crippen LogP contribution in [0.4, 0.5) is 10.8 Å². The van der Waals surface area contributed by atoms with E-state index in [-0.39, 0.29) is 12.2 Å². The molecule has 1 aromatic rings. The number of nitrogens with zero attached hydrogens (tertiary/aromatic N) is 2. The Bertz CT molecular complexity index is 406. The number of morpholine rings is 1. The summed E-state index contributed by atoms with van der Waals surface area (Å²) in [5, 5.41) is 1.28. The molecule has 2 aliphatic rings. The van der Waals surface area contributed by atoms with Crippen LogP contribution in [0.5, 0.6) is 0 Å². The van der Waals surface area contributed by atoms with Gasteiger partial charge in [-0.2, -0.15) is 4.37 Å². The second kappa shape index (κ2) is 4.14. The standard InChI is InChI=1S/C12H19N3OS/c1-7-5-15(6-8(2)16-7)12-10(9-3-4-9)11(13)14-17-12/h7-9H,3-6H2,1-2H3,(H2,13,14). The van der Waals surface area contributed by atoms with Crippen molar-refractivity contribution in [1.82, 2.24) is 4.37 Å². The van der Waals surface area contributed by atoms with Crippen LogP contribution in [0.25, 0.3) is 0 Å². The Kier molecular flexibility index (Phi) is 2.75. The predicted octanol–water partition coefficient (Wildman–Crippen LogP) is 2.22. The number of anilines is 2. The molecular formula is C12H19N3OS. The Hall–Kier alpha value is -0.810. The van der Waals surface area contributed by atoms with E-state index in [1.807, 2.05) is 0 Å². The van der Waals surface area contributed by atoms with Gasteiger partial charge in [-0.25, -0.2) is 0 Å². The van der Waals surface area contributed by atoms with Crippen LogP contribution < -0.4 is 10.6 Å². The summed E-state index contributed by atoms with van der Waals surface area (Å²) >= 11 is 1.55. The van der Waals surface area contributed by atoms with Gasteiger partial charge >= 0.3 is 0 Å². The van der Waals surface area contributed by atoms with Gasteiger partial charge in [0.2, 0.25) is 0 Å². The van der Waals surface area contributed by atoms with Gasteiger partial charge < -0.3 is 15.4 Å². The molecule has 0 amide bonds. The molecule has 1 saturated carbocycles. The molecule has 4 nitrogen and oxygen atoms in total. The maximum absolute atomic E-state index is 6.00. The lowest BCUT2D eigenvalue weighted by Crippen LogP contribution is -2.45. The minimum atomic E-state index is 0.286. The number of nitrogen functional groups attached to an aromatic ring is 1. The Morgan fingerprint density at radius 1 is 1.29 bits per heavy atom. The zero-order chi connectivity index (χ0) is 12.0. The van der Waals surface area contributed by atoms with Crippen molar-refractivity contribution in [3.05, 3.63) is 5.56 Å². The maximum atomic E-state index is 6.00. The van der Waals surface area contributed by atoms with E-state index < -0.39 is 0 Å². The van der Waals surface area contributed by atoms with Gasteiger partial charge in [0.1, 0.15) is 10.8 Å². The molecule has 2 unspecified atom stereocenters. The first kappa shape index (κ1) is 11.3. The zero-order valence-electron chi connectivity index (χ0n) is 10.3. The minimum Gasteiger partial charge on any atom is -0.383 e. The first-order valence-electron chi connectivity index (χ1n) is 6.30. The summed E-state index contributed by atoms with van der Waals surface area (Å²) in [5.74, 6) is 1.41. The van der Waals surface area contributed by atoms with Gasteiger partial charge in [-0.05, 0) is 44.1 Å². The Labute approximate surface area is 106 Å². The molecule has 1 aliphatic carbocycles. The molecule has 0 bridgehead atoms. The summed E-state index contributed by atoms with van der Waals surface area (Å²) in [7, 11) is 0. The van der Waals surface area contributed by atoms with Crippen molar-refractivity contribution in [3.63, 3.8) is 0 Å². The molecule has 1 aliphatic heterocycles. The van der Waals surface area contributed by atoms with Crippen molar-refractivity contribution in [2.75, 3.05) is 23.7 Å². The number of hydrogen-bond donors (Lipinski definition) is 1. The SMILES string of the molecule is CC1CN(c2snc(N)c2C2CC2)CC(C)O1. The quantitative estimate of drug-likeness (QED) is 0.878. The molecule has 2 heterocycles. The van der Waals surface area contributed by atoms with Crippen LogP contribution in [0.15, 0.2) is 0 Å². The summed E-state index contributed by atoms with van der Waals surface area (Å²) in [4.78, 5) is 2.40. The van der Waals surface area contributed by atoms with E-state index in [0.717, 1.165) is 18.9 Å². The number of ether oxygens (including phenoxy) is 1. The van der Waals surface area contributed by atoms with Crippen molar-refractivity contribution < 1.29 is 4.74 Å². The van der Waals surface area contributed by atoms with E-state index in [1.165, 1.54) is 23.4 Å². The fourth-order valence-electron chi connectivity index (χ4n) is 2.63. The molecule has 2 atom stereocenters. The van der Waals surface area contributed by atoms with Gasteiger partial charge in [0.05, 0.1) is 12.2 Å². The predicted molar refractivity (Wildman–Crippen MR) is 70.7 cm³/mol. The lowest BCUT2D eigenvalue weighted by atomic mass is 10.1. The van der Waals surface area contributed by atoms with Crippen LogP contribution in [-0.2, 0) is 4.74 Å². The average Bonchev–Trinajstić information content (AvgIpc) is 3.01. The van der Waals surface area contributed by atoms with E-state index >= 15 is 0 Å². The van der Waals surface area contributed by atoms with E-state index in [4.69, 9.17) is 10.5 Å². The van der Waals surface area contributed by atoms with Gasteiger partial charge in [0, 0.05) is 18.7 Å². The lowest BCUT2D eigenvalue weighted by molar-refractivity contribution is -0.00504. The highest BCUT2D eigenvalue weighted by Gasteiger charge is 2.34. The highest BCUT2D eigenvalue weighted by atomic mass is 32.1. The highest BCUT2D eigenvalue weighted by molar-refractivity contribution is 7.10. The molecule has 5 heteroatoms.